The van der Waals surface area contributed by atoms with Crippen molar-refractivity contribution in [2.24, 2.45) is 11.8 Å². The summed E-state index contributed by atoms with van der Waals surface area (Å²) in [4.78, 5) is 14.4. The third-order valence-electron chi connectivity index (χ3n) is 4.37. The van der Waals surface area contributed by atoms with Crippen LogP contribution in [0.4, 0.5) is 0 Å². The summed E-state index contributed by atoms with van der Waals surface area (Å²) in [5, 5.41) is 0. The maximum atomic E-state index is 12.0. The molecule has 0 aromatic carbocycles. The SMILES string of the molecule is CCOC1CCCN(CC2CC(C)CCC2=O)C1. The molecule has 1 heterocycles. The molecule has 2 rings (SSSR count). The fourth-order valence-corrected chi connectivity index (χ4v) is 3.37. The molecule has 3 atom stereocenters. The number of rotatable bonds is 4. The minimum Gasteiger partial charge on any atom is -0.377 e. The Morgan fingerprint density at radius 1 is 1.39 bits per heavy atom. The van der Waals surface area contributed by atoms with Gasteiger partial charge in [-0.2, -0.15) is 0 Å². The van der Waals surface area contributed by atoms with Crippen molar-refractivity contribution in [2.45, 2.75) is 52.1 Å². The van der Waals surface area contributed by atoms with Gasteiger partial charge in [0, 0.05) is 32.0 Å². The number of ether oxygens (including phenoxy) is 1. The van der Waals surface area contributed by atoms with Crippen LogP contribution < -0.4 is 0 Å². The van der Waals surface area contributed by atoms with Gasteiger partial charge in [0.1, 0.15) is 5.78 Å². The first-order valence-corrected chi connectivity index (χ1v) is 7.55. The number of hydrogen-bond acceptors (Lipinski definition) is 3. The highest BCUT2D eigenvalue weighted by Gasteiger charge is 2.29. The van der Waals surface area contributed by atoms with Crippen molar-refractivity contribution in [3.63, 3.8) is 0 Å². The minimum absolute atomic E-state index is 0.286. The van der Waals surface area contributed by atoms with Crippen LogP contribution in [-0.2, 0) is 9.53 Å². The molecule has 2 aliphatic rings. The van der Waals surface area contributed by atoms with Crippen molar-refractivity contribution in [1.82, 2.24) is 4.90 Å². The first kappa shape index (κ1) is 14.0. The zero-order valence-corrected chi connectivity index (χ0v) is 11.9. The van der Waals surface area contributed by atoms with Gasteiger partial charge in [0.2, 0.25) is 0 Å². The second-order valence-electron chi connectivity index (χ2n) is 6.02. The molecule has 18 heavy (non-hydrogen) atoms. The Labute approximate surface area is 111 Å². The molecule has 1 aliphatic heterocycles. The van der Waals surface area contributed by atoms with Crippen molar-refractivity contribution in [2.75, 3.05) is 26.2 Å². The van der Waals surface area contributed by atoms with E-state index in [0.717, 1.165) is 51.4 Å². The van der Waals surface area contributed by atoms with Crippen molar-refractivity contribution < 1.29 is 9.53 Å². The second kappa shape index (κ2) is 6.67. The normalized spacial score (nSPS) is 34.8. The molecular formula is C15H27NO2. The number of hydrogen-bond donors (Lipinski definition) is 0. The summed E-state index contributed by atoms with van der Waals surface area (Å²) >= 11 is 0. The van der Waals surface area contributed by atoms with Crippen LogP contribution in [0.5, 0.6) is 0 Å². The Hall–Kier alpha value is -0.410. The van der Waals surface area contributed by atoms with Crippen molar-refractivity contribution in [3.8, 4) is 0 Å². The third-order valence-corrected chi connectivity index (χ3v) is 4.37. The summed E-state index contributed by atoms with van der Waals surface area (Å²) in [7, 11) is 0. The van der Waals surface area contributed by atoms with Gasteiger partial charge in [-0.25, -0.2) is 0 Å². The Balaban J connectivity index is 1.82. The largest absolute Gasteiger partial charge is 0.377 e. The van der Waals surface area contributed by atoms with Gasteiger partial charge in [0.15, 0.2) is 0 Å². The van der Waals surface area contributed by atoms with Crippen molar-refractivity contribution in [1.29, 1.82) is 0 Å². The van der Waals surface area contributed by atoms with Crippen LogP contribution >= 0.6 is 0 Å². The Kier molecular flexibility index (Phi) is 5.19. The smallest absolute Gasteiger partial charge is 0.137 e. The highest BCUT2D eigenvalue weighted by Crippen LogP contribution is 2.27. The van der Waals surface area contributed by atoms with Crippen molar-refractivity contribution >= 4 is 5.78 Å². The van der Waals surface area contributed by atoms with E-state index < -0.39 is 0 Å². The lowest BCUT2D eigenvalue weighted by atomic mass is 9.81. The topological polar surface area (TPSA) is 29.5 Å². The van der Waals surface area contributed by atoms with Crippen LogP contribution in [-0.4, -0.2) is 43.0 Å². The zero-order valence-electron chi connectivity index (χ0n) is 11.9. The third kappa shape index (κ3) is 3.79. The molecule has 1 aliphatic carbocycles. The fourth-order valence-electron chi connectivity index (χ4n) is 3.37. The maximum Gasteiger partial charge on any atom is 0.137 e. The summed E-state index contributed by atoms with van der Waals surface area (Å²) < 4.78 is 5.72. The summed E-state index contributed by atoms with van der Waals surface area (Å²) in [6.45, 7) is 8.27. The minimum atomic E-state index is 0.286. The second-order valence-corrected chi connectivity index (χ2v) is 6.02. The highest BCUT2D eigenvalue weighted by molar-refractivity contribution is 5.81. The zero-order chi connectivity index (χ0) is 13.0. The molecule has 0 radical (unpaired) electrons. The van der Waals surface area contributed by atoms with Gasteiger partial charge >= 0.3 is 0 Å². The van der Waals surface area contributed by atoms with E-state index in [1.165, 1.54) is 12.8 Å². The average molecular weight is 253 g/mol. The molecule has 0 aromatic rings. The lowest BCUT2D eigenvalue weighted by molar-refractivity contribution is -0.126. The number of Topliss-reactive ketones (excluding diaryl/α,β-unsaturated/α-hetero) is 1. The van der Waals surface area contributed by atoms with Gasteiger partial charge in [-0.15, -0.1) is 0 Å². The number of piperidine rings is 1. The van der Waals surface area contributed by atoms with E-state index in [4.69, 9.17) is 4.74 Å². The molecule has 3 heteroatoms. The summed E-state index contributed by atoms with van der Waals surface area (Å²) in [6.07, 6.45) is 5.76. The van der Waals surface area contributed by atoms with E-state index in [1.54, 1.807) is 0 Å². The quantitative estimate of drug-likeness (QED) is 0.771. The monoisotopic (exact) mass is 253 g/mol. The van der Waals surface area contributed by atoms with E-state index in [-0.39, 0.29) is 5.92 Å². The van der Waals surface area contributed by atoms with Crippen LogP contribution in [0, 0.1) is 11.8 Å². The molecule has 1 saturated heterocycles. The Morgan fingerprint density at radius 2 is 2.22 bits per heavy atom. The molecule has 0 amide bonds. The van der Waals surface area contributed by atoms with Crippen molar-refractivity contribution in [3.05, 3.63) is 0 Å². The first-order chi connectivity index (χ1) is 8.69. The van der Waals surface area contributed by atoms with Gasteiger partial charge < -0.3 is 9.64 Å². The molecular weight excluding hydrogens is 226 g/mol. The molecule has 3 nitrogen and oxygen atoms in total. The number of likely N-dealkylation sites (tertiary alicyclic amines) is 1. The van der Waals surface area contributed by atoms with E-state index in [1.807, 2.05) is 0 Å². The van der Waals surface area contributed by atoms with Crippen LogP contribution in [0.1, 0.15) is 46.0 Å². The molecule has 0 spiro atoms. The predicted molar refractivity (Wildman–Crippen MR) is 72.6 cm³/mol. The van der Waals surface area contributed by atoms with Crippen LogP contribution in [0.2, 0.25) is 0 Å². The summed E-state index contributed by atoms with van der Waals surface area (Å²) in [5.41, 5.74) is 0. The molecule has 0 bridgehead atoms. The maximum absolute atomic E-state index is 12.0. The van der Waals surface area contributed by atoms with Crippen LogP contribution in [0.15, 0.2) is 0 Å². The lowest BCUT2D eigenvalue weighted by Gasteiger charge is -2.36. The molecule has 1 saturated carbocycles. The number of nitrogens with zero attached hydrogens (tertiary/aromatic N) is 1. The van der Waals surface area contributed by atoms with Gasteiger partial charge in [0.25, 0.3) is 0 Å². The van der Waals surface area contributed by atoms with Crippen LogP contribution in [0.25, 0.3) is 0 Å². The van der Waals surface area contributed by atoms with Gasteiger partial charge in [-0.05, 0) is 45.1 Å². The summed E-state index contributed by atoms with van der Waals surface area (Å²) in [6, 6.07) is 0. The first-order valence-electron chi connectivity index (χ1n) is 7.55. The van der Waals surface area contributed by atoms with Gasteiger partial charge in [-0.3, -0.25) is 4.79 Å². The fraction of sp³-hybridized carbons (Fsp3) is 0.933. The Bertz CT molecular complexity index is 278. The molecule has 3 unspecified atom stereocenters. The van der Waals surface area contributed by atoms with Crippen LogP contribution in [0.3, 0.4) is 0 Å². The summed E-state index contributed by atoms with van der Waals surface area (Å²) in [5.74, 6) is 1.50. The predicted octanol–water partition coefficient (Wildman–Crippen LogP) is 2.49. The highest BCUT2D eigenvalue weighted by atomic mass is 16.5. The average Bonchev–Trinajstić information content (AvgIpc) is 2.35. The molecule has 2 fully saturated rings. The number of ketones is 1. The Morgan fingerprint density at radius 3 is 3.00 bits per heavy atom. The van der Waals surface area contributed by atoms with E-state index in [2.05, 4.69) is 18.7 Å². The van der Waals surface area contributed by atoms with E-state index in [0.29, 0.717) is 11.9 Å². The van der Waals surface area contributed by atoms with E-state index >= 15 is 0 Å². The number of carbonyl (C=O) groups excluding carboxylic acids is 1. The van der Waals surface area contributed by atoms with E-state index in [9.17, 15) is 4.79 Å². The molecule has 0 N–H and O–H groups in total. The molecule has 0 aromatic heterocycles. The molecule has 104 valence electrons. The van der Waals surface area contributed by atoms with Gasteiger partial charge in [-0.1, -0.05) is 6.92 Å². The number of carbonyl (C=O) groups is 1. The lowest BCUT2D eigenvalue weighted by Crippen LogP contribution is -2.44. The van der Waals surface area contributed by atoms with Gasteiger partial charge in [0.05, 0.1) is 6.10 Å². The standard InChI is InChI=1S/C15H27NO2/c1-3-18-14-5-4-8-16(11-14)10-13-9-12(2)6-7-15(13)17/h12-14H,3-11H2,1-2H3.